The number of hydrogen-bond donors (Lipinski definition) is 1. The first-order valence-electron chi connectivity index (χ1n) is 11.3. The van der Waals surface area contributed by atoms with E-state index in [0.29, 0.717) is 5.57 Å². The molecule has 0 atom stereocenters. The average Bonchev–Trinajstić information content (AvgIpc) is 3.21. The number of ketones is 1. The molecule has 164 valence electrons. The third-order valence-electron chi connectivity index (χ3n) is 6.56. The van der Waals surface area contributed by atoms with Crippen molar-refractivity contribution in [3.8, 4) is 11.1 Å². The van der Waals surface area contributed by atoms with Crippen LogP contribution in [0.4, 0.5) is 0 Å². The summed E-state index contributed by atoms with van der Waals surface area (Å²) in [5.74, 6) is -0.129. The van der Waals surface area contributed by atoms with Gasteiger partial charge in [-0.05, 0) is 64.7 Å². The number of benzene rings is 5. The highest BCUT2D eigenvalue weighted by atomic mass is 16.3. The first-order chi connectivity index (χ1) is 16.5. The summed E-state index contributed by atoms with van der Waals surface area (Å²) in [4.78, 5) is 12.6. The Morgan fingerprint density at radius 2 is 1.18 bits per heavy atom. The van der Waals surface area contributed by atoms with Crippen LogP contribution in [0.25, 0.3) is 60.2 Å². The molecule has 0 radical (unpaired) electrons. The molecule has 6 rings (SSSR count). The lowest BCUT2D eigenvalue weighted by Crippen LogP contribution is -2.02. The highest BCUT2D eigenvalue weighted by Gasteiger charge is 2.21. The molecule has 1 aromatic heterocycles. The lowest BCUT2D eigenvalue weighted by Gasteiger charge is -2.18. The molecule has 0 unspecified atom stereocenters. The number of rotatable bonds is 3. The molecule has 34 heavy (non-hydrogen) atoms. The first kappa shape index (κ1) is 20.3. The number of aliphatic hydroxyl groups excluding tert-OH is 1. The van der Waals surface area contributed by atoms with E-state index < -0.39 is 0 Å². The van der Waals surface area contributed by atoms with Gasteiger partial charge >= 0.3 is 0 Å². The monoisotopic (exact) mass is 442 g/mol. The van der Waals surface area contributed by atoms with E-state index in [2.05, 4.69) is 30.3 Å². The van der Waals surface area contributed by atoms with Crippen molar-refractivity contribution in [2.45, 2.75) is 13.8 Å². The Bertz CT molecular complexity index is 1740. The van der Waals surface area contributed by atoms with Crippen molar-refractivity contribution >= 4 is 54.8 Å². The standard InChI is InChI=1S/C31H22O3/c1-18(32)29(19(2)33)31-24-12-5-3-10-22(24)30(23-11-4-6-13-25(23)31)20-15-16-28-26(17-20)21-9-7-8-14-27(21)34-28/h3-17,32H,1-2H3/b29-18+. The van der Waals surface area contributed by atoms with Gasteiger partial charge < -0.3 is 9.52 Å². The predicted molar refractivity (Wildman–Crippen MR) is 140 cm³/mol. The number of hydrogen-bond acceptors (Lipinski definition) is 3. The molecular weight excluding hydrogens is 420 g/mol. The molecule has 0 aliphatic carbocycles. The molecule has 1 heterocycles. The molecule has 0 amide bonds. The quantitative estimate of drug-likeness (QED) is 0.170. The number of carbonyl (C=O) groups is 1. The van der Waals surface area contributed by atoms with E-state index in [0.717, 1.165) is 60.2 Å². The minimum absolute atomic E-state index is 0.0295. The van der Waals surface area contributed by atoms with Crippen LogP contribution in [0.5, 0.6) is 0 Å². The largest absolute Gasteiger partial charge is 0.512 e. The van der Waals surface area contributed by atoms with Crippen LogP contribution in [0.3, 0.4) is 0 Å². The van der Waals surface area contributed by atoms with Crippen LogP contribution in [0.15, 0.2) is 101 Å². The van der Waals surface area contributed by atoms with Gasteiger partial charge in [-0.25, -0.2) is 0 Å². The van der Waals surface area contributed by atoms with Crippen molar-refractivity contribution in [1.29, 1.82) is 0 Å². The zero-order valence-electron chi connectivity index (χ0n) is 18.9. The van der Waals surface area contributed by atoms with E-state index >= 15 is 0 Å². The Kier molecular flexibility index (Phi) is 4.53. The second-order valence-corrected chi connectivity index (χ2v) is 8.67. The molecule has 0 spiro atoms. The summed E-state index contributed by atoms with van der Waals surface area (Å²) in [7, 11) is 0. The summed E-state index contributed by atoms with van der Waals surface area (Å²) in [6.07, 6.45) is 0. The molecule has 0 aliphatic rings. The first-order valence-corrected chi connectivity index (χ1v) is 11.3. The van der Waals surface area contributed by atoms with Crippen molar-refractivity contribution in [2.24, 2.45) is 0 Å². The second kappa shape index (κ2) is 7.60. The van der Waals surface area contributed by atoms with Crippen LogP contribution in [-0.4, -0.2) is 10.9 Å². The summed E-state index contributed by atoms with van der Waals surface area (Å²) in [5.41, 5.74) is 5.03. The number of Topliss-reactive ketones (excluding diaryl/α,β-unsaturated/α-hetero) is 1. The van der Waals surface area contributed by atoms with Gasteiger partial charge in [0.25, 0.3) is 0 Å². The topological polar surface area (TPSA) is 50.4 Å². The van der Waals surface area contributed by atoms with Crippen LogP contribution in [0, 0.1) is 0 Å². The Morgan fingerprint density at radius 1 is 0.647 bits per heavy atom. The van der Waals surface area contributed by atoms with Gasteiger partial charge in [0.2, 0.25) is 0 Å². The molecule has 0 aliphatic heterocycles. The second-order valence-electron chi connectivity index (χ2n) is 8.67. The van der Waals surface area contributed by atoms with E-state index in [9.17, 15) is 9.90 Å². The molecule has 3 nitrogen and oxygen atoms in total. The normalized spacial score (nSPS) is 12.5. The Hall–Kier alpha value is -4.37. The smallest absolute Gasteiger partial charge is 0.163 e. The summed E-state index contributed by atoms with van der Waals surface area (Å²) >= 11 is 0. The molecule has 1 N–H and O–H groups in total. The van der Waals surface area contributed by atoms with Crippen molar-refractivity contribution in [3.05, 3.63) is 102 Å². The van der Waals surface area contributed by atoms with Gasteiger partial charge in [-0.3, -0.25) is 4.79 Å². The number of fused-ring (bicyclic) bond motifs is 5. The molecular formula is C31H22O3. The van der Waals surface area contributed by atoms with Crippen LogP contribution in [0.1, 0.15) is 19.4 Å². The van der Waals surface area contributed by atoms with Gasteiger partial charge in [0.05, 0.1) is 5.57 Å². The van der Waals surface area contributed by atoms with Gasteiger partial charge in [-0.15, -0.1) is 0 Å². The summed E-state index contributed by atoms with van der Waals surface area (Å²) in [6.45, 7) is 3.08. The van der Waals surface area contributed by atoms with Gasteiger partial charge in [0.1, 0.15) is 16.9 Å². The minimum Gasteiger partial charge on any atom is -0.512 e. The molecule has 0 bridgehead atoms. The maximum atomic E-state index is 12.6. The molecule has 0 fully saturated rings. The maximum absolute atomic E-state index is 12.6. The van der Waals surface area contributed by atoms with E-state index in [-0.39, 0.29) is 11.5 Å². The van der Waals surface area contributed by atoms with Crippen LogP contribution in [-0.2, 0) is 4.79 Å². The lowest BCUT2D eigenvalue weighted by molar-refractivity contribution is -0.111. The zero-order valence-corrected chi connectivity index (χ0v) is 18.9. The molecule has 6 aromatic rings. The highest BCUT2D eigenvalue weighted by molar-refractivity contribution is 6.30. The van der Waals surface area contributed by atoms with Crippen LogP contribution >= 0.6 is 0 Å². The fraction of sp³-hybridized carbons (Fsp3) is 0.0645. The molecule has 0 saturated heterocycles. The van der Waals surface area contributed by atoms with Crippen LogP contribution in [0.2, 0.25) is 0 Å². The summed E-state index contributed by atoms with van der Waals surface area (Å²) < 4.78 is 6.05. The van der Waals surface area contributed by atoms with E-state index in [4.69, 9.17) is 4.42 Å². The summed E-state index contributed by atoms with van der Waals surface area (Å²) in [5, 5.41) is 16.6. The lowest BCUT2D eigenvalue weighted by atomic mass is 9.84. The number of carbonyl (C=O) groups excluding carboxylic acids is 1. The van der Waals surface area contributed by atoms with Crippen molar-refractivity contribution in [3.63, 3.8) is 0 Å². The Labute approximate surface area is 196 Å². The number of para-hydroxylation sites is 1. The molecule has 0 saturated carbocycles. The average molecular weight is 443 g/mol. The fourth-order valence-corrected chi connectivity index (χ4v) is 5.20. The zero-order chi connectivity index (χ0) is 23.4. The predicted octanol–water partition coefficient (Wildman–Crippen LogP) is 8.44. The Morgan fingerprint density at radius 3 is 1.76 bits per heavy atom. The van der Waals surface area contributed by atoms with Gasteiger partial charge in [0, 0.05) is 16.3 Å². The summed E-state index contributed by atoms with van der Waals surface area (Å²) in [6, 6.07) is 30.6. The maximum Gasteiger partial charge on any atom is 0.163 e. The van der Waals surface area contributed by atoms with Crippen molar-refractivity contribution in [2.75, 3.05) is 0 Å². The number of aliphatic hydroxyl groups is 1. The SMILES string of the molecule is CC(=O)/C(=C(/C)O)c1c2ccccc2c(-c2ccc3oc4ccccc4c3c2)c2ccccc12. The highest BCUT2D eigenvalue weighted by Crippen LogP contribution is 2.43. The fourth-order valence-electron chi connectivity index (χ4n) is 5.20. The van der Waals surface area contributed by atoms with Crippen molar-refractivity contribution in [1.82, 2.24) is 0 Å². The van der Waals surface area contributed by atoms with Gasteiger partial charge in [-0.1, -0.05) is 72.8 Å². The third kappa shape index (κ3) is 2.94. The Balaban J connectivity index is 1.78. The van der Waals surface area contributed by atoms with E-state index in [1.54, 1.807) is 6.92 Å². The molecule has 5 aromatic carbocycles. The number of furan rings is 1. The van der Waals surface area contributed by atoms with Gasteiger partial charge in [0.15, 0.2) is 5.78 Å². The third-order valence-corrected chi connectivity index (χ3v) is 6.56. The van der Waals surface area contributed by atoms with E-state index in [1.165, 1.54) is 6.92 Å². The van der Waals surface area contributed by atoms with Crippen LogP contribution < -0.4 is 0 Å². The number of allylic oxidation sites excluding steroid dienone is 2. The minimum atomic E-state index is -0.158. The van der Waals surface area contributed by atoms with Crippen molar-refractivity contribution < 1.29 is 14.3 Å². The van der Waals surface area contributed by atoms with Gasteiger partial charge in [-0.2, -0.15) is 0 Å². The van der Waals surface area contributed by atoms with E-state index in [1.807, 2.05) is 60.7 Å². The molecule has 3 heteroatoms.